The second-order valence-corrected chi connectivity index (χ2v) is 4.86. The van der Waals surface area contributed by atoms with Crippen molar-refractivity contribution >= 4 is 23.0 Å². The lowest BCUT2D eigenvalue weighted by molar-refractivity contribution is 0.102. The van der Waals surface area contributed by atoms with Crippen molar-refractivity contribution in [1.29, 1.82) is 0 Å². The molecule has 1 aromatic carbocycles. The molecule has 1 heterocycles. The van der Waals surface area contributed by atoms with E-state index in [9.17, 15) is 4.79 Å². The number of hydrogen-bond acceptors (Lipinski definition) is 4. The molecule has 2 aromatic rings. The summed E-state index contributed by atoms with van der Waals surface area (Å²) < 4.78 is 0. The maximum Gasteiger partial charge on any atom is 0.274 e. The third kappa shape index (κ3) is 3.95. The molecule has 0 aliphatic carbocycles. The lowest BCUT2D eigenvalue weighted by atomic mass is 10.2. The quantitative estimate of drug-likeness (QED) is 0.886. The first-order valence-electron chi connectivity index (χ1n) is 6.89. The van der Waals surface area contributed by atoms with Crippen molar-refractivity contribution in [2.24, 2.45) is 0 Å². The standard InChI is InChI=1S/C16H20N4O/c1-4-17-13-8-9-15(18-11-13)16(21)19-12-6-5-7-14(10-12)20(2)3/h5-11,17H,4H2,1-3H3,(H,19,21). The molecule has 21 heavy (non-hydrogen) atoms. The summed E-state index contributed by atoms with van der Waals surface area (Å²) in [5.41, 5.74) is 3.09. The topological polar surface area (TPSA) is 57.3 Å². The molecule has 0 unspecified atom stereocenters. The number of amides is 1. The van der Waals surface area contributed by atoms with Crippen molar-refractivity contribution < 1.29 is 4.79 Å². The Kier molecular flexibility index (Phi) is 4.77. The van der Waals surface area contributed by atoms with Crippen molar-refractivity contribution in [1.82, 2.24) is 4.98 Å². The van der Waals surface area contributed by atoms with Gasteiger partial charge in [-0.15, -0.1) is 0 Å². The molecule has 0 fully saturated rings. The number of anilines is 3. The molecule has 110 valence electrons. The van der Waals surface area contributed by atoms with Gasteiger partial charge in [-0.25, -0.2) is 4.98 Å². The first kappa shape index (κ1) is 14.8. The van der Waals surface area contributed by atoms with Crippen molar-refractivity contribution in [2.45, 2.75) is 6.92 Å². The predicted octanol–water partition coefficient (Wildman–Crippen LogP) is 2.83. The summed E-state index contributed by atoms with van der Waals surface area (Å²) in [6.07, 6.45) is 1.66. The van der Waals surface area contributed by atoms with Gasteiger partial charge in [-0.3, -0.25) is 4.79 Å². The number of rotatable bonds is 5. The van der Waals surface area contributed by atoms with Crippen LogP contribution in [0.5, 0.6) is 0 Å². The number of nitrogens with zero attached hydrogens (tertiary/aromatic N) is 2. The first-order chi connectivity index (χ1) is 10.1. The van der Waals surface area contributed by atoms with Crippen LogP contribution in [0.4, 0.5) is 17.1 Å². The monoisotopic (exact) mass is 284 g/mol. The van der Waals surface area contributed by atoms with Gasteiger partial charge >= 0.3 is 0 Å². The molecule has 5 heteroatoms. The van der Waals surface area contributed by atoms with Crippen molar-refractivity contribution in [2.75, 3.05) is 36.2 Å². The van der Waals surface area contributed by atoms with Crippen LogP contribution in [-0.2, 0) is 0 Å². The smallest absolute Gasteiger partial charge is 0.274 e. The summed E-state index contributed by atoms with van der Waals surface area (Å²) in [4.78, 5) is 18.3. The fourth-order valence-corrected chi connectivity index (χ4v) is 1.89. The van der Waals surface area contributed by atoms with E-state index in [4.69, 9.17) is 0 Å². The Morgan fingerprint density at radius 1 is 1.19 bits per heavy atom. The van der Waals surface area contributed by atoms with E-state index < -0.39 is 0 Å². The van der Waals surface area contributed by atoms with Crippen LogP contribution in [0.1, 0.15) is 17.4 Å². The summed E-state index contributed by atoms with van der Waals surface area (Å²) in [5.74, 6) is -0.214. The van der Waals surface area contributed by atoms with Gasteiger partial charge in [-0.1, -0.05) is 6.07 Å². The molecule has 0 saturated heterocycles. The number of aromatic nitrogens is 1. The molecule has 1 aromatic heterocycles. The molecule has 5 nitrogen and oxygen atoms in total. The summed E-state index contributed by atoms with van der Waals surface area (Å²) in [6, 6.07) is 11.2. The Balaban J connectivity index is 2.08. The van der Waals surface area contributed by atoms with Crippen LogP contribution in [0.25, 0.3) is 0 Å². The van der Waals surface area contributed by atoms with Crippen LogP contribution < -0.4 is 15.5 Å². The molecule has 1 amide bonds. The zero-order valence-electron chi connectivity index (χ0n) is 12.6. The van der Waals surface area contributed by atoms with Gasteiger partial charge in [0.2, 0.25) is 0 Å². The number of carbonyl (C=O) groups is 1. The third-order valence-electron chi connectivity index (χ3n) is 3.00. The maximum absolute atomic E-state index is 12.2. The SMILES string of the molecule is CCNc1ccc(C(=O)Nc2cccc(N(C)C)c2)nc1. The Bertz CT molecular complexity index is 608. The fourth-order valence-electron chi connectivity index (χ4n) is 1.89. The molecule has 0 spiro atoms. The minimum absolute atomic E-state index is 0.214. The molecular formula is C16H20N4O. The average Bonchev–Trinajstić information content (AvgIpc) is 2.48. The van der Waals surface area contributed by atoms with E-state index in [-0.39, 0.29) is 5.91 Å². The molecule has 0 saturated carbocycles. The van der Waals surface area contributed by atoms with Gasteiger partial charge in [0.15, 0.2) is 0 Å². The third-order valence-corrected chi connectivity index (χ3v) is 3.00. The molecule has 2 N–H and O–H groups in total. The van der Waals surface area contributed by atoms with E-state index in [1.807, 2.05) is 56.3 Å². The van der Waals surface area contributed by atoms with Gasteiger partial charge in [-0.2, -0.15) is 0 Å². The largest absolute Gasteiger partial charge is 0.384 e. The van der Waals surface area contributed by atoms with E-state index in [2.05, 4.69) is 15.6 Å². The molecule has 0 aliphatic rings. The van der Waals surface area contributed by atoms with Crippen molar-refractivity contribution in [3.05, 3.63) is 48.3 Å². The van der Waals surface area contributed by atoms with Gasteiger partial charge < -0.3 is 15.5 Å². The Morgan fingerprint density at radius 3 is 2.62 bits per heavy atom. The van der Waals surface area contributed by atoms with Crippen molar-refractivity contribution in [3.8, 4) is 0 Å². The van der Waals surface area contributed by atoms with E-state index >= 15 is 0 Å². The van der Waals surface area contributed by atoms with Crippen molar-refractivity contribution in [3.63, 3.8) is 0 Å². The van der Waals surface area contributed by atoms with Crippen LogP contribution in [0, 0.1) is 0 Å². The maximum atomic E-state index is 12.2. The van der Waals surface area contributed by atoms with Gasteiger partial charge in [-0.05, 0) is 37.3 Å². The van der Waals surface area contributed by atoms with Gasteiger partial charge in [0, 0.05) is 32.0 Å². The minimum atomic E-state index is -0.214. The van der Waals surface area contributed by atoms with E-state index in [0.29, 0.717) is 5.69 Å². The number of pyridine rings is 1. The Morgan fingerprint density at radius 2 is 2.00 bits per heavy atom. The lowest BCUT2D eigenvalue weighted by Crippen LogP contribution is -2.14. The van der Waals surface area contributed by atoms with Gasteiger partial charge in [0.25, 0.3) is 5.91 Å². The molecule has 0 aliphatic heterocycles. The van der Waals surface area contributed by atoms with Crippen LogP contribution >= 0.6 is 0 Å². The van der Waals surface area contributed by atoms with Crippen LogP contribution in [0.2, 0.25) is 0 Å². The molecule has 0 atom stereocenters. The normalized spacial score (nSPS) is 10.0. The second kappa shape index (κ2) is 6.74. The van der Waals surface area contributed by atoms with Crippen LogP contribution in [0.3, 0.4) is 0 Å². The highest BCUT2D eigenvalue weighted by molar-refractivity contribution is 6.03. The summed E-state index contributed by atoms with van der Waals surface area (Å²) in [6.45, 7) is 2.84. The zero-order chi connectivity index (χ0) is 15.2. The average molecular weight is 284 g/mol. The van der Waals surface area contributed by atoms with Crippen LogP contribution in [0.15, 0.2) is 42.6 Å². The number of hydrogen-bond donors (Lipinski definition) is 2. The summed E-state index contributed by atoms with van der Waals surface area (Å²) >= 11 is 0. The van der Waals surface area contributed by atoms with Gasteiger partial charge in [0.05, 0.1) is 11.9 Å². The number of benzene rings is 1. The summed E-state index contributed by atoms with van der Waals surface area (Å²) in [7, 11) is 3.92. The first-order valence-corrected chi connectivity index (χ1v) is 6.89. The highest BCUT2D eigenvalue weighted by Crippen LogP contribution is 2.18. The molecular weight excluding hydrogens is 264 g/mol. The predicted molar refractivity (Wildman–Crippen MR) is 87.1 cm³/mol. The highest BCUT2D eigenvalue weighted by atomic mass is 16.1. The summed E-state index contributed by atoms with van der Waals surface area (Å²) in [5, 5.41) is 6.00. The molecule has 0 bridgehead atoms. The number of carbonyl (C=O) groups excluding carboxylic acids is 1. The molecule has 2 rings (SSSR count). The van der Waals surface area contributed by atoms with E-state index in [1.54, 1.807) is 12.3 Å². The fraction of sp³-hybridized carbons (Fsp3) is 0.250. The zero-order valence-corrected chi connectivity index (χ0v) is 12.6. The van der Waals surface area contributed by atoms with E-state index in [1.165, 1.54) is 0 Å². The highest BCUT2D eigenvalue weighted by Gasteiger charge is 2.08. The van der Waals surface area contributed by atoms with Crippen LogP contribution in [-0.4, -0.2) is 31.5 Å². The van der Waals surface area contributed by atoms with Gasteiger partial charge in [0.1, 0.15) is 5.69 Å². The minimum Gasteiger partial charge on any atom is -0.384 e. The second-order valence-electron chi connectivity index (χ2n) is 4.86. The molecule has 0 radical (unpaired) electrons. The Hall–Kier alpha value is -2.56. The van der Waals surface area contributed by atoms with E-state index in [0.717, 1.165) is 23.6 Å². The number of nitrogens with one attached hydrogen (secondary N) is 2. The lowest BCUT2D eigenvalue weighted by Gasteiger charge is -2.14. The Labute approximate surface area is 125 Å².